The third kappa shape index (κ3) is 4.86. The molecule has 0 spiro atoms. The maximum Gasteiger partial charge on any atom is 0.272 e. The summed E-state index contributed by atoms with van der Waals surface area (Å²) in [6.45, 7) is 4.19. The van der Waals surface area contributed by atoms with E-state index in [1.54, 1.807) is 30.6 Å². The van der Waals surface area contributed by atoms with Crippen LogP contribution in [-0.4, -0.2) is 63.7 Å². The van der Waals surface area contributed by atoms with E-state index in [0.717, 1.165) is 37.6 Å². The van der Waals surface area contributed by atoms with Crippen molar-refractivity contribution in [3.8, 4) is 5.69 Å². The van der Waals surface area contributed by atoms with Crippen molar-refractivity contribution in [2.24, 2.45) is 0 Å². The summed E-state index contributed by atoms with van der Waals surface area (Å²) in [5.74, 6) is 0.594. The van der Waals surface area contributed by atoms with Crippen LogP contribution in [0.25, 0.3) is 5.69 Å². The smallest absolute Gasteiger partial charge is 0.272 e. The SMILES string of the molecule is CN1CCN(c2cc(CNC(=O)c3ccn(-c4cccc([N+](=O)[O-])c4)n3)ccn2)CC1. The van der Waals surface area contributed by atoms with Crippen LogP contribution in [0.1, 0.15) is 16.1 Å². The van der Waals surface area contributed by atoms with Gasteiger partial charge in [-0.15, -0.1) is 0 Å². The highest BCUT2D eigenvalue weighted by Gasteiger charge is 2.16. The second kappa shape index (κ2) is 8.92. The minimum Gasteiger partial charge on any atom is -0.354 e. The molecule has 1 aromatic carbocycles. The fraction of sp³-hybridized carbons (Fsp3) is 0.286. The number of pyridine rings is 1. The van der Waals surface area contributed by atoms with Gasteiger partial charge in [-0.25, -0.2) is 9.67 Å². The monoisotopic (exact) mass is 421 g/mol. The lowest BCUT2D eigenvalue weighted by molar-refractivity contribution is -0.384. The third-order valence-corrected chi connectivity index (χ3v) is 5.22. The molecule has 0 saturated carbocycles. The first-order valence-electron chi connectivity index (χ1n) is 9.97. The zero-order valence-corrected chi connectivity index (χ0v) is 17.1. The van der Waals surface area contributed by atoms with Crippen LogP contribution in [0.5, 0.6) is 0 Å². The molecule has 0 aliphatic carbocycles. The van der Waals surface area contributed by atoms with Crippen molar-refractivity contribution in [3.63, 3.8) is 0 Å². The second-order valence-corrected chi connectivity index (χ2v) is 7.42. The fourth-order valence-electron chi connectivity index (χ4n) is 3.39. The van der Waals surface area contributed by atoms with Crippen LogP contribution >= 0.6 is 0 Å². The largest absolute Gasteiger partial charge is 0.354 e. The zero-order chi connectivity index (χ0) is 21.8. The molecular weight excluding hydrogens is 398 g/mol. The number of piperazine rings is 1. The van der Waals surface area contributed by atoms with E-state index < -0.39 is 4.92 Å². The van der Waals surface area contributed by atoms with Gasteiger partial charge >= 0.3 is 0 Å². The Morgan fingerprint density at radius 2 is 1.97 bits per heavy atom. The molecule has 1 aliphatic rings. The Bertz CT molecular complexity index is 1090. The summed E-state index contributed by atoms with van der Waals surface area (Å²) in [6, 6.07) is 11.5. The standard InChI is InChI=1S/C21H23N7O3/c1-25-9-11-26(12-10-25)20-13-16(5-7-22-20)15-23-21(29)19-6-8-27(24-19)17-3-2-4-18(14-17)28(30)31/h2-8,13-14H,9-12,15H2,1H3,(H,23,29). The number of hydrogen-bond donors (Lipinski definition) is 1. The lowest BCUT2D eigenvalue weighted by Gasteiger charge is -2.33. The van der Waals surface area contributed by atoms with Crippen LogP contribution < -0.4 is 10.2 Å². The molecule has 0 bridgehead atoms. The highest BCUT2D eigenvalue weighted by molar-refractivity contribution is 5.92. The van der Waals surface area contributed by atoms with E-state index in [-0.39, 0.29) is 17.3 Å². The van der Waals surface area contributed by atoms with Crippen LogP contribution in [-0.2, 0) is 6.54 Å². The molecule has 1 amide bonds. The summed E-state index contributed by atoms with van der Waals surface area (Å²) in [4.78, 5) is 32.0. The van der Waals surface area contributed by atoms with Gasteiger partial charge in [0.05, 0.1) is 10.6 Å². The summed E-state index contributed by atoms with van der Waals surface area (Å²) in [6.07, 6.45) is 3.36. The lowest BCUT2D eigenvalue weighted by Crippen LogP contribution is -2.44. The first-order chi connectivity index (χ1) is 15.0. The molecular formula is C21H23N7O3. The number of anilines is 1. The number of non-ortho nitro benzene ring substituents is 1. The summed E-state index contributed by atoms with van der Waals surface area (Å²) in [5.41, 5.74) is 1.67. The number of carbonyl (C=O) groups is 1. The van der Waals surface area contributed by atoms with E-state index in [1.165, 1.54) is 16.8 Å². The molecule has 1 N–H and O–H groups in total. The Balaban J connectivity index is 1.39. The Labute approximate surface area is 179 Å². The highest BCUT2D eigenvalue weighted by atomic mass is 16.6. The van der Waals surface area contributed by atoms with Gasteiger partial charge in [-0.3, -0.25) is 14.9 Å². The highest BCUT2D eigenvalue weighted by Crippen LogP contribution is 2.17. The number of carbonyl (C=O) groups excluding carboxylic acids is 1. The van der Waals surface area contributed by atoms with Crippen molar-refractivity contribution < 1.29 is 9.72 Å². The Kier molecular flexibility index (Phi) is 5.89. The van der Waals surface area contributed by atoms with Gasteiger partial charge in [-0.2, -0.15) is 5.10 Å². The average Bonchev–Trinajstić information content (AvgIpc) is 3.29. The van der Waals surface area contributed by atoms with Crippen LogP contribution in [0.15, 0.2) is 54.9 Å². The number of benzene rings is 1. The molecule has 4 rings (SSSR count). The molecule has 1 fully saturated rings. The first-order valence-corrected chi connectivity index (χ1v) is 9.97. The molecule has 0 unspecified atom stereocenters. The van der Waals surface area contributed by atoms with Crippen molar-refractivity contribution in [1.82, 2.24) is 25.0 Å². The predicted octanol–water partition coefficient (Wildman–Crippen LogP) is 1.86. The molecule has 0 radical (unpaired) electrons. The average molecular weight is 421 g/mol. The number of likely N-dealkylation sites (N-methyl/N-ethyl adjacent to an activating group) is 1. The van der Waals surface area contributed by atoms with Crippen LogP contribution in [0.3, 0.4) is 0 Å². The third-order valence-electron chi connectivity index (χ3n) is 5.22. The number of hydrogen-bond acceptors (Lipinski definition) is 7. The molecule has 3 heterocycles. The summed E-state index contributed by atoms with van der Waals surface area (Å²) >= 11 is 0. The van der Waals surface area contributed by atoms with Gasteiger partial charge in [-0.1, -0.05) is 6.07 Å². The van der Waals surface area contributed by atoms with Crippen LogP contribution in [0.4, 0.5) is 11.5 Å². The first kappa shape index (κ1) is 20.5. The van der Waals surface area contributed by atoms with Gasteiger partial charge in [0.25, 0.3) is 11.6 Å². The topological polar surface area (TPSA) is 109 Å². The molecule has 10 heteroatoms. The Hall–Kier alpha value is -3.79. The van der Waals surface area contributed by atoms with E-state index in [0.29, 0.717) is 12.2 Å². The van der Waals surface area contributed by atoms with Gasteiger partial charge in [0.2, 0.25) is 0 Å². The predicted molar refractivity (Wildman–Crippen MR) is 115 cm³/mol. The zero-order valence-electron chi connectivity index (χ0n) is 17.1. The Morgan fingerprint density at radius 1 is 1.16 bits per heavy atom. The van der Waals surface area contributed by atoms with Gasteiger partial charge < -0.3 is 15.1 Å². The number of rotatable bonds is 6. The summed E-state index contributed by atoms with van der Waals surface area (Å²) in [7, 11) is 2.11. The number of nitro groups is 1. The molecule has 31 heavy (non-hydrogen) atoms. The fourth-order valence-corrected chi connectivity index (χ4v) is 3.39. The van der Waals surface area contributed by atoms with Crippen molar-refractivity contribution in [3.05, 3.63) is 76.2 Å². The summed E-state index contributed by atoms with van der Waals surface area (Å²) in [5, 5.41) is 18.1. The molecule has 0 atom stereocenters. The molecule has 10 nitrogen and oxygen atoms in total. The van der Waals surface area contributed by atoms with Gasteiger partial charge in [0, 0.05) is 57.3 Å². The van der Waals surface area contributed by atoms with Crippen molar-refractivity contribution in [1.29, 1.82) is 0 Å². The number of nitrogens with zero attached hydrogens (tertiary/aromatic N) is 6. The molecule has 160 valence electrons. The van der Waals surface area contributed by atoms with Crippen molar-refractivity contribution in [2.75, 3.05) is 38.1 Å². The quantitative estimate of drug-likeness (QED) is 0.478. The van der Waals surface area contributed by atoms with E-state index >= 15 is 0 Å². The van der Waals surface area contributed by atoms with E-state index in [4.69, 9.17) is 0 Å². The number of nitro benzene ring substituents is 1. The Morgan fingerprint density at radius 3 is 2.74 bits per heavy atom. The number of aromatic nitrogens is 3. The van der Waals surface area contributed by atoms with E-state index in [2.05, 4.69) is 32.2 Å². The van der Waals surface area contributed by atoms with Gasteiger partial charge in [0.1, 0.15) is 5.82 Å². The van der Waals surface area contributed by atoms with Crippen LogP contribution in [0, 0.1) is 10.1 Å². The van der Waals surface area contributed by atoms with Gasteiger partial charge in [0.15, 0.2) is 5.69 Å². The van der Waals surface area contributed by atoms with Crippen molar-refractivity contribution in [2.45, 2.75) is 6.54 Å². The number of amides is 1. The van der Waals surface area contributed by atoms with E-state index in [9.17, 15) is 14.9 Å². The molecule has 1 saturated heterocycles. The molecule has 1 aliphatic heterocycles. The van der Waals surface area contributed by atoms with Crippen LogP contribution in [0.2, 0.25) is 0 Å². The normalized spacial score (nSPS) is 14.4. The molecule has 3 aromatic rings. The lowest BCUT2D eigenvalue weighted by atomic mass is 10.2. The van der Waals surface area contributed by atoms with Gasteiger partial charge in [-0.05, 0) is 36.9 Å². The van der Waals surface area contributed by atoms with E-state index in [1.807, 2.05) is 12.1 Å². The maximum atomic E-state index is 12.5. The van der Waals surface area contributed by atoms with Crippen molar-refractivity contribution >= 4 is 17.4 Å². The maximum absolute atomic E-state index is 12.5. The summed E-state index contributed by atoms with van der Waals surface area (Å²) < 4.78 is 1.44. The number of nitrogens with one attached hydrogen (secondary N) is 1. The molecule has 2 aromatic heterocycles. The minimum atomic E-state index is -0.467. The second-order valence-electron chi connectivity index (χ2n) is 7.42. The minimum absolute atomic E-state index is 0.0344.